The van der Waals surface area contributed by atoms with Gasteiger partial charge in [0.2, 0.25) is 0 Å². The Labute approximate surface area is 183 Å². The SMILES string of the molecule is C1=NC=NNC1.Nc1cccc(-c2cccc3ccc4c(c23)C=CC2CCCCC42)c1. The van der Waals surface area contributed by atoms with Crippen LogP contribution in [0.2, 0.25) is 0 Å². The van der Waals surface area contributed by atoms with Gasteiger partial charge >= 0.3 is 0 Å². The Balaban J connectivity index is 0.000000296. The lowest BCUT2D eigenvalue weighted by Gasteiger charge is -2.34. The van der Waals surface area contributed by atoms with Crippen molar-refractivity contribution in [3.05, 3.63) is 71.8 Å². The van der Waals surface area contributed by atoms with Crippen LogP contribution in [0.15, 0.2) is 70.8 Å². The van der Waals surface area contributed by atoms with Gasteiger partial charge < -0.3 is 11.2 Å². The standard InChI is InChI=1S/C24H23N.C3H5N3/c25-19-8-3-7-18(15-19)21-10-4-6-17-12-13-22-20-9-2-1-5-16(20)11-14-23(22)24(17)21;1-2-5-6-3-4-1/h3-4,6-8,10-16,20H,1-2,5,9,25H2;1,3,5H,2H2. The summed E-state index contributed by atoms with van der Waals surface area (Å²) in [6.45, 7) is 0.760. The van der Waals surface area contributed by atoms with Crippen molar-refractivity contribution in [2.24, 2.45) is 16.0 Å². The van der Waals surface area contributed by atoms with E-state index in [9.17, 15) is 0 Å². The molecular formula is C27H28N4. The van der Waals surface area contributed by atoms with Gasteiger partial charge in [0.15, 0.2) is 0 Å². The second-order valence-electron chi connectivity index (χ2n) is 8.45. The normalized spacial score (nSPS) is 20.9. The van der Waals surface area contributed by atoms with Crippen LogP contribution in [0.4, 0.5) is 5.69 Å². The molecule has 2 unspecified atom stereocenters. The van der Waals surface area contributed by atoms with Crippen molar-refractivity contribution in [3.63, 3.8) is 0 Å². The Morgan fingerprint density at radius 3 is 2.65 bits per heavy atom. The number of benzene rings is 3. The summed E-state index contributed by atoms with van der Waals surface area (Å²) < 4.78 is 0. The molecule has 3 aromatic rings. The molecule has 0 saturated heterocycles. The molecular weight excluding hydrogens is 380 g/mol. The highest BCUT2D eigenvalue weighted by Crippen LogP contribution is 2.46. The third kappa shape index (κ3) is 3.98. The molecule has 0 radical (unpaired) electrons. The zero-order valence-electron chi connectivity index (χ0n) is 17.7. The first-order valence-corrected chi connectivity index (χ1v) is 11.2. The number of hydrazone groups is 1. The number of nitrogens with two attached hydrogens (primary N) is 1. The van der Waals surface area contributed by atoms with Gasteiger partial charge in [-0.25, -0.2) is 4.99 Å². The van der Waals surface area contributed by atoms with Gasteiger partial charge in [0, 0.05) is 11.9 Å². The molecule has 3 N–H and O–H groups in total. The van der Waals surface area contributed by atoms with Gasteiger partial charge in [-0.1, -0.05) is 67.5 Å². The van der Waals surface area contributed by atoms with E-state index in [2.05, 4.69) is 70.1 Å². The Bertz CT molecular complexity index is 1160. The molecule has 1 aliphatic heterocycles. The first-order valence-electron chi connectivity index (χ1n) is 11.2. The van der Waals surface area contributed by atoms with Gasteiger partial charge in [-0.05, 0) is 69.8 Å². The average molecular weight is 409 g/mol. The Morgan fingerprint density at radius 2 is 1.87 bits per heavy atom. The highest BCUT2D eigenvalue weighted by atomic mass is 15.3. The summed E-state index contributed by atoms with van der Waals surface area (Å²) in [5, 5.41) is 6.30. The summed E-state index contributed by atoms with van der Waals surface area (Å²) in [6.07, 6.45) is 13.5. The topological polar surface area (TPSA) is 62.8 Å². The summed E-state index contributed by atoms with van der Waals surface area (Å²) >= 11 is 0. The quantitative estimate of drug-likeness (QED) is 0.486. The van der Waals surface area contributed by atoms with Crippen molar-refractivity contribution in [2.45, 2.75) is 31.6 Å². The smallest absolute Gasteiger partial charge is 0.134 e. The molecule has 31 heavy (non-hydrogen) atoms. The van der Waals surface area contributed by atoms with Crippen molar-refractivity contribution in [2.75, 3.05) is 12.3 Å². The van der Waals surface area contributed by atoms with Crippen LogP contribution in [0.1, 0.15) is 42.7 Å². The summed E-state index contributed by atoms with van der Waals surface area (Å²) in [4.78, 5) is 3.70. The van der Waals surface area contributed by atoms with E-state index in [4.69, 9.17) is 5.73 Å². The third-order valence-corrected chi connectivity index (χ3v) is 6.55. The van der Waals surface area contributed by atoms with Crippen LogP contribution in [0.3, 0.4) is 0 Å². The average Bonchev–Trinajstić information content (AvgIpc) is 2.84. The molecule has 1 heterocycles. The minimum atomic E-state index is 0.701. The molecule has 2 aliphatic carbocycles. The number of fused-ring (bicyclic) bond motifs is 5. The van der Waals surface area contributed by atoms with E-state index in [0.29, 0.717) is 5.92 Å². The lowest BCUT2D eigenvalue weighted by molar-refractivity contribution is 0.360. The predicted molar refractivity (Wildman–Crippen MR) is 133 cm³/mol. The van der Waals surface area contributed by atoms with Crippen LogP contribution in [0, 0.1) is 5.92 Å². The summed E-state index contributed by atoms with van der Waals surface area (Å²) in [5.74, 6) is 1.44. The van der Waals surface area contributed by atoms with Gasteiger partial charge in [-0.2, -0.15) is 5.10 Å². The maximum atomic E-state index is 6.05. The number of allylic oxidation sites excluding steroid dienone is 1. The predicted octanol–water partition coefficient (Wildman–Crippen LogP) is 5.99. The largest absolute Gasteiger partial charge is 0.399 e. The molecule has 4 heteroatoms. The fraction of sp³-hybridized carbons (Fsp3) is 0.259. The van der Waals surface area contributed by atoms with Crippen molar-refractivity contribution in [1.82, 2.24) is 5.43 Å². The second-order valence-corrected chi connectivity index (χ2v) is 8.45. The molecule has 3 aliphatic rings. The monoisotopic (exact) mass is 408 g/mol. The fourth-order valence-electron chi connectivity index (χ4n) is 5.14. The van der Waals surface area contributed by atoms with Gasteiger partial charge in [-0.3, -0.25) is 0 Å². The van der Waals surface area contributed by atoms with Crippen molar-refractivity contribution in [1.29, 1.82) is 0 Å². The maximum Gasteiger partial charge on any atom is 0.134 e. The zero-order valence-corrected chi connectivity index (χ0v) is 17.7. The number of hydrogen-bond acceptors (Lipinski definition) is 4. The Hall–Kier alpha value is -3.40. The van der Waals surface area contributed by atoms with Crippen LogP contribution in [-0.2, 0) is 0 Å². The van der Waals surface area contributed by atoms with Crippen LogP contribution < -0.4 is 11.2 Å². The molecule has 6 rings (SSSR count). The molecule has 4 nitrogen and oxygen atoms in total. The van der Waals surface area contributed by atoms with Gasteiger partial charge in [0.1, 0.15) is 6.34 Å². The van der Waals surface area contributed by atoms with E-state index >= 15 is 0 Å². The number of nitrogen functional groups attached to an aromatic ring is 1. The van der Waals surface area contributed by atoms with E-state index < -0.39 is 0 Å². The van der Waals surface area contributed by atoms with Crippen molar-refractivity contribution >= 4 is 35.1 Å². The molecule has 3 aromatic carbocycles. The first-order chi connectivity index (χ1) is 15.3. The van der Waals surface area contributed by atoms with Gasteiger partial charge in [0.05, 0.1) is 6.54 Å². The van der Waals surface area contributed by atoms with Crippen LogP contribution in [-0.4, -0.2) is 19.1 Å². The minimum Gasteiger partial charge on any atom is -0.399 e. The van der Waals surface area contributed by atoms with E-state index in [1.807, 2.05) is 12.1 Å². The highest BCUT2D eigenvalue weighted by molar-refractivity contribution is 6.03. The Morgan fingerprint density at radius 1 is 0.968 bits per heavy atom. The number of hydrogen-bond donors (Lipinski definition) is 2. The highest BCUT2D eigenvalue weighted by Gasteiger charge is 2.29. The molecule has 0 bridgehead atoms. The first kappa shape index (κ1) is 19.6. The number of rotatable bonds is 1. The number of aliphatic imine (C=N–C) groups is 1. The second kappa shape index (κ2) is 8.76. The van der Waals surface area contributed by atoms with E-state index in [1.165, 1.54) is 59.5 Å². The minimum absolute atomic E-state index is 0.701. The van der Waals surface area contributed by atoms with Crippen molar-refractivity contribution in [3.8, 4) is 11.1 Å². The Kier molecular flexibility index (Phi) is 5.53. The molecule has 0 aromatic heterocycles. The maximum absolute atomic E-state index is 6.05. The van der Waals surface area contributed by atoms with Gasteiger partial charge in [-0.15, -0.1) is 0 Å². The lowest BCUT2D eigenvalue weighted by atomic mass is 9.70. The molecule has 2 atom stereocenters. The summed E-state index contributed by atoms with van der Waals surface area (Å²) in [5.41, 5.74) is 15.1. The molecule has 1 saturated carbocycles. The molecule has 0 amide bonds. The van der Waals surface area contributed by atoms with Crippen molar-refractivity contribution < 1.29 is 0 Å². The number of anilines is 1. The van der Waals surface area contributed by atoms with E-state index in [0.717, 1.165) is 18.2 Å². The summed E-state index contributed by atoms with van der Waals surface area (Å²) in [6, 6.07) is 19.6. The summed E-state index contributed by atoms with van der Waals surface area (Å²) in [7, 11) is 0. The number of nitrogens with one attached hydrogen (secondary N) is 1. The lowest BCUT2D eigenvalue weighted by Crippen LogP contribution is -2.19. The van der Waals surface area contributed by atoms with Crippen LogP contribution >= 0.6 is 0 Å². The molecule has 0 spiro atoms. The number of nitrogens with zero attached hydrogens (tertiary/aromatic N) is 2. The third-order valence-electron chi connectivity index (χ3n) is 6.55. The van der Waals surface area contributed by atoms with Crippen LogP contribution in [0.25, 0.3) is 28.0 Å². The molecule has 1 fully saturated rings. The van der Waals surface area contributed by atoms with Gasteiger partial charge in [0.25, 0.3) is 0 Å². The van der Waals surface area contributed by atoms with E-state index in [1.54, 1.807) is 11.8 Å². The molecule has 156 valence electrons. The van der Waals surface area contributed by atoms with Crippen LogP contribution in [0.5, 0.6) is 0 Å². The van der Waals surface area contributed by atoms with E-state index in [-0.39, 0.29) is 0 Å². The fourth-order valence-corrected chi connectivity index (χ4v) is 5.14. The zero-order chi connectivity index (χ0) is 21.0.